The molecule has 0 spiro atoms. The molecule has 114 valence electrons. The number of nitrogens with one attached hydrogen (secondary N) is 1. The summed E-state index contributed by atoms with van der Waals surface area (Å²) in [4.78, 5) is 0. The van der Waals surface area contributed by atoms with Crippen molar-refractivity contribution in [1.29, 1.82) is 0 Å². The molecule has 0 aliphatic heterocycles. The van der Waals surface area contributed by atoms with Crippen LogP contribution in [0.4, 0.5) is 5.69 Å². The molecule has 1 aromatic carbocycles. The van der Waals surface area contributed by atoms with Crippen molar-refractivity contribution in [1.82, 2.24) is 0 Å². The number of ether oxygens (including phenoxy) is 1. The number of para-hydroxylation sites is 2. The second-order valence-corrected chi connectivity index (χ2v) is 8.82. The quantitative estimate of drug-likeness (QED) is 0.747. The van der Waals surface area contributed by atoms with Crippen molar-refractivity contribution in [2.45, 2.75) is 17.6 Å². The van der Waals surface area contributed by atoms with Gasteiger partial charge in [-0.25, -0.2) is 8.42 Å². The summed E-state index contributed by atoms with van der Waals surface area (Å²) in [7, 11) is -3.69. The van der Waals surface area contributed by atoms with Gasteiger partial charge in [0.1, 0.15) is 9.96 Å². The van der Waals surface area contributed by atoms with Crippen LogP contribution in [0.2, 0.25) is 5.02 Å². The summed E-state index contributed by atoms with van der Waals surface area (Å²) in [6.07, 6.45) is 0.842. The second-order valence-electron chi connectivity index (χ2n) is 4.14. The predicted molar refractivity (Wildman–Crippen MR) is 90.1 cm³/mol. The Morgan fingerprint density at radius 2 is 2.10 bits per heavy atom. The van der Waals surface area contributed by atoms with E-state index in [1.165, 1.54) is 6.07 Å². The summed E-state index contributed by atoms with van der Waals surface area (Å²) in [6, 6.07) is 8.33. The number of hydrogen-bond acceptors (Lipinski definition) is 4. The largest absolute Gasteiger partial charge is 0.491 e. The molecule has 21 heavy (non-hydrogen) atoms. The Labute approximate surface area is 141 Å². The third-order valence-corrected chi connectivity index (χ3v) is 6.79. The Hall–Kier alpha value is -0.760. The van der Waals surface area contributed by atoms with E-state index in [1.807, 2.05) is 6.92 Å². The van der Waals surface area contributed by atoms with Crippen molar-refractivity contribution in [3.8, 4) is 5.75 Å². The number of benzene rings is 1. The van der Waals surface area contributed by atoms with Crippen molar-refractivity contribution in [3.05, 3.63) is 39.1 Å². The lowest BCUT2D eigenvalue weighted by Crippen LogP contribution is -2.12. The Kier molecular flexibility index (Phi) is 5.54. The molecular formula is C13H13BrClNO3S2. The average Bonchev–Trinajstić information content (AvgIpc) is 2.78. The molecule has 1 N–H and O–H groups in total. The number of rotatable bonds is 6. The van der Waals surface area contributed by atoms with Gasteiger partial charge in [-0.2, -0.15) is 0 Å². The molecule has 0 radical (unpaired) electrons. The molecule has 1 heterocycles. The van der Waals surface area contributed by atoms with E-state index in [0.717, 1.165) is 17.8 Å². The van der Waals surface area contributed by atoms with Crippen LogP contribution < -0.4 is 9.46 Å². The molecule has 0 bridgehead atoms. The first-order valence-corrected chi connectivity index (χ1v) is 9.60. The van der Waals surface area contributed by atoms with Gasteiger partial charge in [-0.15, -0.1) is 11.3 Å². The highest BCUT2D eigenvalue weighted by molar-refractivity contribution is 9.11. The van der Waals surface area contributed by atoms with E-state index in [-0.39, 0.29) is 4.21 Å². The van der Waals surface area contributed by atoms with Gasteiger partial charge in [0.15, 0.2) is 0 Å². The predicted octanol–water partition coefficient (Wildman–Crippen LogP) is 4.75. The summed E-state index contributed by atoms with van der Waals surface area (Å²) in [5, 5.41) is 0.371. The van der Waals surface area contributed by atoms with Crippen LogP contribution >= 0.6 is 38.9 Å². The van der Waals surface area contributed by atoms with Gasteiger partial charge in [0, 0.05) is 0 Å². The highest BCUT2D eigenvalue weighted by atomic mass is 79.9. The lowest BCUT2D eigenvalue weighted by molar-refractivity contribution is 0.319. The minimum Gasteiger partial charge on any atom is -0.491 e. The molecule has 1 aromatic heterocycles. The van der Waals surface area contributed by atoms with E-state index in [9.17, 15) is 8.42 Å². The Bertz CT molecular complexity index is 711. The Morgan fingerprint density at radius 3 is 2.71 bits per heavy atom. The van der Waals surface area contributed by atoms with Gasteiger partial charge in [0.25, 0.3) is 10.0 Å². The second kappa shape index (κ2) is 7.00. The van der Waals surface area contributed by atoms with Crippen LogP contribution in [-0.4, -0.2) is 15.0 Å². The van der Waals surface area contributed by atoms with Gasteiger partial charge < -0.3 is 4.74 Å². The number of halogens is 2. The minimum atomic E-state index is -3.69. The van der Waals surface area contributed by atoms with Crippen LogP contribution in [-0.2, 0) is 10.0 Å². The topological polar surface area (TPSA) is 55.4 Å². The maximum atomic E-state index is 12.4. The van der Waals surface area contributed by atoms with Gasteiger partial charge >= 0.3 is 0 Å². The maximum Gasteiger partial charge on any atom is 0.271 e. The SMILES string of the molecule is CCCOc1ccccc1NS(=O)(=O)c1cc(Cl)c(Br)s1. The van der Waals surface area contributed by atoms with Crippen molar-refractivity contribution in [2.75, 3.05) is 11.3 Å². The summed E-state index contributed by atoms with van der Waals surface area (Å²) in [6.45, 7) is 2.51. The van der Waals surface area contributed by atoms with Crippen molar-refractivity contribution in [3.63, 3.8) is 0 Å². The maximum absolute atomic E-state index is 12.4. The first-order valence-electron chi connectivity index (χ1n) is 6.13. The van der Waals surface area contributed by atoms with Crippen molar-refractivity contribution < 1.29 is 13.2 Å². The molecule has 0 atom stereocenters. The molecule has 0 aliphatic carbocycles. The van der Waals surface area contributed by atoms with Crippen LogP contribution in [0.1, 0.15) is 13.3 Å². The smallest absolute Gasteiger partial charge is 0.271 e. The summed E-state index contributed by atoms with van der Waals surface area (Å²) in [5.74, 6) is 0.504. The number of sulfonamides is 1. The van der Waals surface area contributed by atoms with E-state index < -0.39 is 10.0 Å². The van der Waals surface area contributed by atoms with E-state index in [4.69, 9.17) is 16.3 Å². The van der Waals surface area contributed by atoms with Crippen molar-refractivity contribution >= 4 is 54.6 Å². The van der Waals surface area contributed by atoms with Crippen LogP contribution in [0.25, 0.3) is 0 Å². The highest BCUT2D eigenvalue weighted by Crippen LogP contribution is 2.36. The molecule has 4 nitrogen and oxygen atoms in total. The van der Waals surface area contributed by atoms with Crippen LogP contribution in [0.5, 0.6) is 5.75 Å². The van der Waals surface area contributed by atoms with Gasteiger partial charge in [0.2, 0.25) is 0 Å². The molecule has 8 heteroatoms. The third-order valence-electron chi connectivity index (χ3n) is 2.48. The van der Waals surface area contributed by atoms with Crippen LogP contribution in [0, 0.1) is 0 Å². The standard InChI is InChI=1S/C13H13BrClNO3S2/c1-2-7-19-11-6-4-3-5-10(11)16-21(17,18)12-8-9(15)13(14)20-12/h3-6,8,16H,2,7H2,1H3. The zero-order valence-electron chi connectivity index (χ0n) is 11.1. The van der Waals surface area contributed by atoms with E-state index >= 15 is 0 Å². The van der Waals surface area contributed by atoms with E-state index in [2.05, 4.69) is 20.7 Å². The molecule has 0 fully saturated rings. The lowest BCUT2D eigenvalue weighted by Gasteiger charge is -2.12. The van der Waals surface area contributed by atoms with Crippen LogP contribution in [0.15, 0.2) is 38.3 Å². The number of hydrogen-bond donors (Lipinski definition) is 1. The fraction of sp³-hybridized carbons (Fsp3) is 0.231. The summed E-state index contributed by atoms with van der Waals surface area (Å²) >= 11 is 10.2. The molecule has 0 amide bonds. The van der Waals surface area contributed by atoms with Gasteiger partial charge in [0.05, 0.1) is 21.1 Å². The molecule has 0 unspecified atom stereocenters. The lowest BCUT2D eigenvalue weighted by atomic mass is 10.3. The summed E-state index contributed by atoms with van der Waals surface area (Å²) in [5.41, 5.74) is 0.409. The van der Waals surface area contributed by atoms with Gasteiger partial charge in [-0.1, -0.05) is 30.7 Å². The third kappa shape index (κ3) is 4.12. The fourth-order valence-corrected chi connectivity index (χ4v) is 5.01. The van der Waals surface area contributed by atoms with Crippen molar-refractivity contribution in [2.24, 2.45) is 0 Å². The zero-order valence-corrected chi connectivity index (χ0v) is 15.1. The molecule has 0 saturated heterocycles. The molecule has 2 rings (SSSR count). The van der Waals surface area contributed by atoms with Gasteiger partial charge in [-0.3, -0.25) is 4.72 Å². The Morgan fingerprint density at radius 1 is 1.38 bits per heavy atom. The Balaban J connectivity index is 2.28. The first-order chi connectivity index (χ1) is 9.94. The number of anilines is 1. The fourth-order valence-electron chi connectivity index (χ4n) is 1.54. The normalized spacial score (nSPS) is 11.4. The van der Waals surface area contributed by atoms with Crippen LogP contribution in [0.3, 0.4) is 0 Å². The highest BCUT2D eigenvalue weighted by Gasteiger charge is 2.20. The molecule has 0 saturated carbocycles. The molecule has 2 aromatic rings. The zero-order chi connectivity index (χ0) is 15.5. The van der Waals surface area contributed by atoms with E-state index in [1.54, 1.807) is 24.3 Å². The molecule has 0 aliphatic rings. The summed E-state index contributed by atoms with van der Waals surface area (Å²) < 4.78 is 33.5. The monoisotopic (exact) mass is 409 g/mol. The number of thiophene rings is 1. The average molecular weight is 411 g/mol. The van der Waals surface area contributed by atoms with E-state index in [0.29, 0.717) is 26.9 Å². The molecular weight excluding hydrogens is 398 g/mol. The van der Waals surface area contributed by atoms with Gasteiger partial charge in [-0.05, 0) is 40.5 Å². The first kappa shape index (κ1) is 16.6. The minimum absolute atomic E-state index is 0.143.